The number of nitrogens with one attached hydrogen (secondary N) is 3. The molecule has 7 nitrogen and oxygen atoms in total. The highest BCUT2D eigenvalue weighted by Crippen LogP contribution is 2.22. The lowest BCUT2D eigenvalue weighted by Crippen LogP contribution is -3.14. The summed E-state index contributed by atoms with van der Waals surface area (Å²) in [7, 11) is 0. The number of aryl methyl sites for hydroxylation is 1. The molecule has 0 aromatic heterocycles. The number of rotatable bonds is 6. The Morgan fingerprint density at radius 2 is 2.07 bits per heavy atom. The lowest BCUT2D eigenvalue weighted by atomic mass is 9.93. The number of imide groups is 1. The molecule has 4 amide bonds. The lowest BCUT2D eigenvalue weighted by Gasteiger charge is -2.27. The van der Waals surface area contributed by atoms with Gasteiger partial charge in [-0.2, -0.15) is 5.01 Å². The average molecular weight is 373 g/mol. The zero-order valence-corrected chi connectivity index (χ0v) is 16.1. The van der Waals surface area contributed by atoms with Crippen LogP contribution in [0, 0.1) is 5.92 Å². The molecule has 0 radical (unpaired) electrons. The van der Waals surface area contributed by atoms with Gasteiger partial charge in [0.15, 0.2) is 6.54 Å². The van der Waals surface area contributed by atoms with Crippen LogP contribution in [0.1, 0.15) is 38.7 Å². The van der Waals surface area contributed by atoms with Crippen LogP contribution in [-0.2, 0) is 16.0 Å². The van der Waals surface area contributed by atoms with Crippen LogP contribution in [0.4, 0.5) is 4.79 Å². The number of hydrazine groups is 1. The molecule has 7 heteroatoms. The van der Waals surface area contributed by atoms with Crippen LogP contribution in [0.2, 0.25) is 0 Å². The molecule has 3 rings (SSSR count). The van der Waals surface area contributed by atoms with Crippen molar-refractivity contribution < 1.29 is 19.3 Å². The quantitative estimate of drug-likeness (QED) is 0.626. The molecule has 2 heterocycles. The number of benzene rings is 1. The van der Waals surface area contributed by atoms with E-state index in [1.54, 1.807) is 6.92 Å². The maximum atomic E-state index is 12.8. The van der Waals surface area contributed by atoms with E-state index in [1.165, 1.54) is 11.3 Å². The molecule has 0 spiro atoms. The van der Waals surface area contributed by atoms with Crippen LogP contribution in [-0.4, -0.2) is 48.0 Å². The number of hydrogen-bond donors (Lipinski definition) is 3. The van der Waals surface area contributed by atoms with E-state index >= 15 is 0 Å². The van der Waals surface area contributed by atoms with Gasteiger partial charge in [-0.1, -0.05) is 37.3 Å². The number of urea groups is 1. The monoisotopic (exact) mass is 373 g/mol. The van der Waals surface area contributed by atoms with E-state index in [-0.39, 0.29) is 12.5 Å². The first-order valence-corrected chi connectivity index (χ1v) is 9.71. The average Bonchev–Trinajstić information content (AvgIpc) is 2.84. The number of carbonyl (C=O) groups is 3. The lowest BCUT2D eigenvalue weighted by molar-refractivity contribution is -0.900. The van der Waals surface area contributed by atoms with Gasteiger partial charge in [-0.3, -0.25) is 15.0 Å². The van der Waals surface area contributed by atoms with E-state index < -0.39 is 17.5 Å². The van der Waals surface area contributed by atoms with Crippen molar-refractivity contribution in [3.8, 4) is 0 Å². The number of nitrogens with zero attached hydrogens (tertiary/aromatic N) is 1. The summed E-state index contributed by atoms with van der Waals surface area (Å²) in [5.74, 6) is -0.103. The molecule has 1 aromatic rings. The molecule has 0 saturated carbocycles. The van der Waals surface area contributed by atoms with Crippen LogP contribution < -0.4 is 15.6 Å². The minimum Gasteiger partial charge on any atom is -0.327 e. The fraction of sp³-hybridized carbons (Fsp3) is 0.550. The molecule has 146 valence electrons. The Hall–Kier alpha value is -2.41. The first-order chi connectivity index (χ1) is 12.9. The maximum absolute atomic E-state index is 12.8. The number of hydrogen-bond acceptors (Lipinski definition) is 3. The maximum Gasteiger partial charge on any atom is 0.344 e. The third kappa shape index (κ3) is 4.66. The summed E-state index contributed by atoms with van der Waals surface area (Å²) in [6.45, 7) is 6.07. The molecule has 0 bridgehead atoms. The third-order valence-corrected chi connectivity index (χ3v) is 5.53. The predicted molar refractivity (Wildman–Crippen MR) is 101 cm³/mol. The topological polar surface area (TPSA) is 82.9 Å². The molecule has 2 aliphatic heterocycles. The molecule has 1 unspecified atom stereocenters. The zero-order chi connectivity index (χ0) is 19.4. The van der Waals surface area contributed by atoms with Gasteiger partial charge in [0.2, 0.25) is 0 Å². The van der Waals surface area contributed by atoms with Crippen molar-refractivity contribution in [2.45, 2.75) is 45.1 Å². The predicted octanol–water partition coefficient (Wildman–Crippen LogP) is 0.276. The minimum absolute atomic E-state index is 0.280. The largest absolute Gasteiger partial charge is 0.344 e. The van der Waals surface area contributed by atoms with E-state index in [1.807, 2.05) is 30.3 Å². The van der Waals surface area contributed by atoms with Crippen LogP contribution in [0.5, 0.6) is 0 Å². The van der Waals surface area contributed by atoms with Crippen molar-refractivity contribution in [1.82, 2.24) is 15.8 Å². The van der Waals surface area contributed by atoms with Gasteiger partial charge >= 0.3 is 6.03 Å². The van der Waals surface area contributed by atoms with Gasteiger partial charge in [0.25, 0.3) is 11.8 Å². The molecule has 0 aliphatic carbocycles. The van der Waals surface area contributed by atoms with E-state index in [2.05, 4.69) is 17.7 Å². The molecule has 2 saturated heterocycles. The molecular formula is C20H29N4O3+. The Kier molecular flexibility index (Phi) is 5.79. The van der Waals surface area contributed by atoms with Gasteiger partial charge in [-0.05, 0) is 38.2 Å². The van der Waals surface area contributed by atoms with Crippen molar-refractivity contribution in [1.29, 1.82) is 0 Å². The Morgan fingerprint density at radius 1 is 1.33 bits per heavy atom. The number of carbonyl (C=O) groups excluding carboxylic acids is 3. The SMILES string of the molecule is C[C@H]1CCC[NH+](CC(=O)NN2C(=O)N[C@](C)(CCc3ccccc3)C2=O)C1. The number of amides is 4. The highest BCUT2D eigenvalue weighted by Gasteiger charge is 2.48. The summed E-state index contributed by atoms with van der Waals surface area (Å²) < 4.78 is 0. The van der Waals surface area contributed by atoms with Crippen molar-refractivity contribution >= 4 is 17.8 Å². The number of quaternary nitrogens is 1. The van der Waals surface area contributed by atoms with E-state index in [4.69, 9.17) is 0 Å². The molecular weight excluding hydrogens is 344 g/mol. The molecule has 2 aliphatic rings. The summed E-state index contributed by atoms with van der Waals surface area (Å²) in [6, 6.07) is 9.26. The highest BCUT2D eigenvalue weighted by atomic mass is 16.2. The van der Waals surface area contributed by atoms with Gasteiger partial charge in [0.05, 0.1) is 13.1 Å². The minimum atomic E-state index is -1.01. The Bertz CT molecular complexity index is 708. The zero-order valence-electron chi connectivity index (χ0n) is 16.1. The Balaban J connectivity index is 1.55. The van der Waals surface area contributed by atoms with E-state index in [0.29, 0.717) is 18.8 Å². The second kappa shape index (κ2) is 8.08. The van der Waals surface area contributed by atoms with Crippen LogP contribution >= 0.6 is 0 Å². The fourth-order valence-corrected chi connectivity index (χ4v) is 3.94. The highest BCUT2D eigenvalue weighted by molar-refractivity contribution is 6.07. The summed E-state index contributed by atoms with van der Waals surface area (Å²) in [5.41, 5.74) is 2.60. The van der Waals surface area contributed by atoms with Crippen molar-refractivity contribution in [2.75, 3.05) is 19.6 Å². The molecule has 3 N–H and O–H groups in total. The summed E-state index contributed by atoms with van der Waals surface area (Å²) >= 11 is 0. The summed E-state index contributed by atoms with van der Waals surface area (Å²) in [6.07, 6.45) is 3.44. The summed E-state index contributed by atoms with van der Waals surface area (Å²) in [4.78, 5) is 38.6. The van der Waals surface area contributed by atoms with Gasteiger partial charge in [0.1, 0.15) is 5.54 Å². The second-order valence-electron chi connectivity index (χ2n) is 8.05. The smallest absolute Gasteiger partial charge is 0.327 e. The normalized spacial score (nSPS) is 28.1. The van der Waals surface area contributed by atoms with Gasteiger partial charge in [-0.25, -0.2) is 4.79 Å². The van der Waals surface area contributed by atoms with E-state index in [9.17, 15) is 14.4 Å². The Morgan fingerprint density at radius 3 is 2.78 bits per heavy atom. The molecule has 3 atom stereocenters. The molecule has 1 aromatic carbocycles. The van der Waals surface area contributed by atoms with E-state index in [0.717, 1.165) is 30.1 Å². The number of piperidine rings is 1. The third-order valence-electron chi connectivity index (χ3n) is 5.53. The first-order valence-electron chi connectivity index (χ1n) is 9.71. The Labute approximate surface area is 160 Å². The van der Waals surface area contributed by atoms with Crippen molar-refractivity contribution in [2.24, 2.45) is 5.92 Å². The van der Waals surface area contributed by atoms with Gasteiger partial charge in [-0.15, -0.1) is 0 Å². The summed E-state index contributed by atoms with van der Waals surface area (Å²) in [5, 5.41) is 3.58. The van der Waals surface area contributed by atoms with Crippen LogP contribution in [0.15, 0.2) is 30.3 Å². The van der Waals surface area contributed by atoms with Crippen molar-refractivity contribution in [3.05, 3.63) is 35.9 Å². The molecule has 27 heavy (non-hydrogen) atoms. The second-order valence-corrected chi connectivity index (χ2v) is 8.05. The van der Waals surface area contributed by atoms with Crippen LogP contribution in [0.25, 0.3) is 0 Å². The van der Waals surface area contributed by atoms with Crippen molar-refractivity contribution in [3.63, 3.8) is 0 Å². The fourth-order valence-electron chi connectivity index (χ4n) is 3.94. The van der Waals surface area contributed by atoms with Gasteiger partial charge in [0, 0.05) is 5.92 Å². The van der Waals surface area contributed by atoms with Gasteiger partial charge < -0.3 is 10.2 Å². The standard InChI is InChI=1S/C20H28N4O3/c1-15-7-6-12-23(13-15)14-17(25)22-24-18(26)20(2,21-19(24)27)11-10-16-8-4-3-5-9-16/h3-5,8-9,15H,6-7,10-14H2,1-2H3,(H,21,27)(H,22,25)/p+1/t15-,20+/m0/s1. The first kappa shape index (κ1) is 19.4. The molecule has 2 fully saturated rings. The van der Waals surface area contributed by atoms with Crippen LogP contribution in [0.3, 0.4) is 0 Å². The number of likely N-dealkylation sites (tertiary alicyclic amines) is 1.